The lowest BCUT2D eigenvalue weighted by molar-refractivity contribution is 0.0395. The molecule has 2 unspecified atom stereocenters. The van der Waals surface area contributed by atoms with Crippen LogP contribution in [0.5, 0.6) is 17.2 Å². The molecule has 1 spiro atoms. The third-order valence-corrected chi connectivity index (χ3v) is 5.35. The van der Waals surface area contributed by atoms with Crippen molar-refractivity contribution in [2.24, 2.45) is 4.99 Å². The molecule has 3 aliphatic heterocycles. The van der Waals surface area contributed by atoms with E-state index in [1.165, 1.54) is 18.4 Å². The highest BCUT2D eigenvalue weighted by Crippen LogP contribution is 2.52. The van der Waals surface area contributed by atoms with Crippen LogP contribution in [0.1, 0.15) is 43.7 Å². The van der Waals surface area contributed by atoms with Crippen molar-refractivity contribution in [1.29, 1.82) is 0 Å². The van der Waals surface area contributed by atoms with E-state index in [9.17, 15) is 0 Å². The summed E-state index contributed by atoms with van der Waals surface area (Å²) in [6.45, 7) is 2.78. The summed E-state index contributed by atoms with van der Waals surface area (Å²) in [5, 5.41) is 0. The van der Waals surface area contributed by atoms with Gasteiger partial charge in [-0.2, -0.15) is 0 Å². The first-order valence-corrected chi connectivity index (χ1v) is 9.09. The summed E-state index contributed by atoms with van der Waals surface area (Å²) in [5.41, 5.74) is 3.05. The second-order valence-corrected chi connectivity index (χ2v) is 6.99. The topological polar surface area (TPSA) is 40.0 Å². The van der Waals surface area contributed by atoms with E-state index >= 15 is 0 Å². The fraction of sp³-hybridized carbons (Fsp3) is 0.381. The molecule has 3 heterocycles. The largest absolute Gasteiger partial charge is 0.491 e. The zero-order chi connectivity index (χ0) is 16.9. The molecule has 0 amide bonds. The van der Waals surface area contributed by atoms with Crippen LogP contribution >= 0.6 is 0 Å². The van der Waals surface area contributed by atoms with Crippen LogP contribution in [-0.2, 0) is 5.41 Å². The maximum absolute atomic E-state index is 6.05. The fourth-order valence-corrected chi connectivity index (χ4v) is 3.99. The van der Waals surface area contributed by atoms with Crippen LogP contribution in [0.2, 0.25) is 0 Å². The first-order chi connectivity index (χ1) is 12.3. The Hall–Kier alpha value is -2.49. The molecule has 2 aromatic rings. The Kier molecular flexibility index (Phi) is 3.27. The number of aliphatic imine (C=N–C) groups is 1. The van der Waals surface area contributed by atoms with Crippen molar-refractivity contribution < 1.29 is 14.2 Å². The summed E-state index contributed by atoms with van der Waals surface area (Å²) in [6.07, 6.45) is 6.28. The molecule has 5 rings (SSSR count). The molecule has 0 fully saturated rings. The van der Waals surface area contributed by atoms with E-state index in [1.807, 2.05) is 18.3 Å². The average molecular weight is 335 g/mol. The number of hydrogen-bond acceptors (Lipinski definition) is 4. The highest BCUT2D eigenvalue weighted by molar-refractivity contribution is 5.91. The zero-order valence-corrected chi connectivity index (χ0v) is 14.3. The SMILES string of the molecule is CCCCCC1Oc2cc3c(cc2O1)C1(C=Nc2ccccc21)CO3. The minimum atomic E-state index is -0.301. The molecule has 4 heteroatoms. The van der Waals surface area contributed by atoms with Crippen molar-refractivity contribution in [3.63, 3.8) is 0 Å². The molecular formula is C21H21NO3. The second-order valence-electron chi connectivity index (χ2n) is 6.99. The van der Waals surface area contributed by atoms with Crippen molar-refractivity contribution in [2.45, 2.75) is 44.3 Å². The molecule has 0 saturated carbocycles. The Morgan fingerprint density at radius 1 is 1.04 bits per heavy atom. The Labute approximate surface area is 147 Å². The van der Waals surface area contributed by atoms with Crippen LogP contribution in [0.15, 0.2) is 41.4 Å². The first kappa shape index (κ1) is 14.8. The number of nitrogens with zero attached hydrogens (tertiary/aromatic N) is 1. The monoisotopic (exact) mass is 335 g/mol. The summed E-state index contributed by atoms with van der Waals surface area (Å²) >= 11 is 0. The van der Waals surface area contributed by atoms with E-state index in [2.05, 4.69) is 36.2 Å². The standard InChI is InChI=1S/C21H21NO3/c1-2-3-4-9-20-24-18-10-15-17(11-19(18)25-20)23-13-21(15)12-22-16-8-6-5-7-14(16)21/h5-8,10-12,20H,2-4,9,13H2,1H3. The van der Waals surface area contributed by atoms with Crippen LogP contribution < -0.4 is 14.2 Å². The molecule has 2 aromatic carbocycles. The van der Waals surface area contributed by atoms with Crippen LogP contribution in [0.4, 0.5) is 5.69 Å². The van der Waals surface area contributed by atoms with Gasteiger partial charge in [0.1, 0.15) is 12.4 Å². The number of ether oxygens (including phenoxy) is 3. The Balaban J connectivity index is 1.48. The summed E-state index contributed by atoms with van der Waals surface area (Å²) in [7, 11) is 0. The smallest absolute Gasteiger partial charge is 0.241 e. The number of unbranched alkanes of at least 4 members (excludes halogenated alkanes) is 2. The molecule has 2 atom stereocenters. The molecule has 0 saturated heterocycles. The van der Waals surface area contributed by atoms with E-state index in [4.69, 9.17) is 14.2 Å². The highest BCUT2D eigenvalue weighted by Gasteiger charge is 2.46. The number of fused-ring (bicyclic) bond motifs is 5. The van der Waals surface area contributed by atoms with Crippen LogP contribution in [0.25, 0.3) is 0 Å². The van der Waals surface area contributed by atoms with Crippen LogP contribution in [0.3, 0.4) is 0 Å². The summed E-state index contributed by atoms with van der Waals surface area (Å²) in [4.78, 5) is 4.61. The first-order valence-electron chi connectivity index (χ1n) is 9.09. The summed E-state index contributed by atoms with van der Waals surface area (Å²) in [5.74, 6) is 2.49. The summed E-state index contributed by atoms with van der Waals surface area (Å²) in [6, 6.07) is 12.3. The zero-order valence-electron chi connectivity index (χ0n) is 14.3. The maximum atomic E-state index is 6.05. The Morgan fingerprint density at radius 3 is 2.76 bits per heavy atom. The lowest BCUT2D eigenvalue weighted by Gasteiger charge is -2.20. The van der Waals surface area contributed by atoms with Gasteiger partial charge in [0.2, 0.25) is 6.29 Å². The van der Waals surface area contributed by atoms with Gasteiger partial charge < -0.3 is 14.2 Å². The van der Waals surface area contributed by atoms with Crippen molar-refractivity contribution in [3.8, 4) is 17.2 Å². The van der Waals surface area contributed by atoms with Gasteiger partial charge in [-0.1, -0.05) is 38.0 Å². The normalized spacial score (nSPS) is 24.4. The quantitative estimate of drug-likeness (QED) is 0.756. The predicted octanol–water partition coefficient (Wildman–Crippen LogP) is 4.76. The van der Waals surface area contributed by atoms with E-state index in [0.717, 1.165) is 41.3 Å². The van der Waals surface area contributed by atoms with Gasteiger partial charge in [-0.05, 0) is 24.1 Å². The van der Waals surface area contributed by atoms with Gasteiger partial charge in [0.15, 0.2) is 11.5 Å². The van der Waals surface area contributed by atoms with Gasteiger partial charge in [-0.25, -0.2) is 0 Å². The average Bonchev–Trinajstić information content (AvgIpc) is 3.31. The van der Waals surface area contributed by atoms with Crippen molar-refractivity contribution >= 4 is 11.9 Å². The Morgan fingerprint density at radius 2 is 1.88 bits per heavy atom. The molecule has 25 heavy (non-hydrogen) atoms. The molecule has 0 radical (unpaired) electrons. The minimum Gasteiger partial charge on any atom is -0.491 e. The predicted molar refractivity (Wildman–Crippen MR) is 96.5 cm³/mol. The number of benzene rings is 2. The molecule has 0 N–H and O–H groups in total. The molecule has 0 bridgehead atoms. The molecular weight excluding hydrogens is 314 g/mol. The van der Waals surface area contributed by atoms with Crippen LogP contribution in [-0.4, -0.2) is 19.1 Å². The van der Waals surface area contributed by atoms with Crippen molar-refractivity contribution in [1.82, 2.24) is 0 Å². The van der Waals surface area contributed by atoms with Crippen LogP contribution in [0, 0.1) is 0 Å². The second kappa shape index (κ2) is 5.51. The number of rotatable bonds is 4. The van der Waals surface area contributed by atoms with Gasteiger partial charge >= 0.3 is 0 Å². The van der Waals surface area contributed by atoms with E-state index in [-0.39, 0.29) is 11.7 Å². The van der Waals surface area contributed by atoms with Gasteiger partial charge in [0, 0.05) is 24.3 Å². The number of para-hydroxylation sites is 1. The van der Waals surface area contributed by atoms with Crippen molar-refractivity contribution in [3.05, 3.63) is 47.5 Å². The molecule has 128 valence electrons. The maximum Gasteiger partial charge on any atom is 0.241 e. The highest BCUT2D eigenvalue weighted by atomic mass is 16.7. The fourth-order valence-electron chi connectivity index (χ4n) is 3.99. The lowest BCUT2D eigenvalue weighted by Crippen LogP contribution is -2.28. The van der Waals surface area contributed by atoms with Gasteiger partial charge in [-0.3, -0.25) is 4.99 Å². The third kappa shape index (κ3) is 2.16. The third-order valence-electron chi connectivity index (χ3n) is 5.35. The van der Waals surface area contributed by atoms with E-state index in [1.54, 1.807) is 0 Å². The molecule has 4 nitrogen and oxygen atoms in total. The van der Waals surface area contributed by atoms with Gasteiger partial charge in [0.25, 0.3) is 0 Å². The van der Waals surface area contributed by atoms with Gasteiger partial charge in [0.05, 0.1) is 11.1 Å². The lowest BCUT2D eigenvalue weighted by atomic mass is 9.78. The molecule has 0 aliphatic carbocycles. The van der Waals surface area contributed by atoms with Gasteiger partial charge in [-0.15, -0.1) is 0 Å². The molecule has 3 aliphatic rings. The van der Waals surface area contributed by atoms with Crippen molar-refractivity contribution in [2.75, 3.05) is 6.61 Å². The van der Waals surface area contributed by atoms with E-state index < -0.39 is 0 Å². The summed E-state index contributed by atoms with van der Waals surface area (Å²) < 4.78 is 18.0. The van der Waals surface area contributed by atoms with E-state index in [0.29, 0.717) is 6.61 Å². The number of hydrogen-bond donors (Lipinski definition) is 0. The minimum absolute atomic E-state index is 0.176. The molecule has 0 aromatic heterocycles. The Bertz CT molecular complexity index is 860.